The lowest BCUT2D eigenvalue weighted by molar-refractivity contribution is -0.146. The number of nitriles is 1. The number of halogens is 1. The number of fused-ring (bicyclic) bond motifs is 1. The van der Waals surface area contributed by atoms with Crippen LogP contribution in [0.2, 0.25) is 0 Å². The predicted molar refractivity (Wildman–Crippen MR) is 164 cm³/mol. The summed E-state index contributed by atoms with van der Waals surface area (Å²) in [6.07, 6.45) is 2.64. The van der Waals surface area contributed by atoms with Crippen molar-refractivity contribution in [3.05, 3.63) is 58.5 Å². The highest BCUT2D eigenvalue weighted by atomic mass is 32.1. The number of ether oxygens (including phenoxy) is 1. The fraction of sp³-hybridized carbons (Fsp3) is 0.438. The number of carbonyl (C=O) groups excluding carboxylic acids is 1. The smallest absolute Gasteiger partial charge is 0.228 e. The van der Waals surface area contributed by atoms with Crippen molar-refractivity contribution < 1.29 is 13.9 Å². The number of thiazole rings is 1. The zero-order valence-corrected chi connectivity index (χ0v) is 25.5. The fourth-order valence-electron chi connectivity index (χ4n) is 6.86. The summed E-state index contributed by atoms with van der Waals surface area (Å²) in [5.74, 6) is -0.0489. The number of aryl methyl sites for hydroxylation is 2. The highest BCUT2D eigenvalue weighted by Crippen LogP contribution is 2.44. The van der Waals surface area contributed by atoms with E-state index in [1.807, 2.05) is 21.4 Å². The molecule has 3 saturated heterocycles. The van der Waals surface area contributed by atoms with Crippen LogP contribution >= 0.6 is 11.3 Å². The third-order valence-electron chi connectivity index (χ3n) is 9.18. The average Bonchev–Trinajstić information content (AvgIpc) is 3.80. The van der Waals surface area contributed by atoms with Crippen LogP contribution in [0.4, 0.5) is 20.9 Å². The summed E-state index contributed by atoms with van der Waals surface area (Å²) in [5, 5.41) is 15.5. The second-order valence-corrected chi connectivity index (χ2v) is 13.1. The highest BCUT2D eigenvalue weighted by Gasteiger charge is 2.50. The molecule has 0 saturated carbocycles. The normalized spacial score (nSPS) is 19.3. The maximum Gasteiger partial charge on any atom is 0.228 e. The summed E-state index contributed by atoms with van der Waals surface area (Å²) in [5.41, 5.74) is 6.49. The van der Waals surface area contributed by atoms with Crippen LogP contribution in [0.15, 0.2) is 36.4 Å². The number of amides is 1. The van der Waals surface area contributed by atoms with E-state index in [2.05, 4.69) is 36.9 Å². The lowest BCUT2D eigenvalue weighted by Crippen LogP contribution is -2.60. The van der Waals surface area contributed by atoms with Crippen LogP contribution in [-0.2, 0) is 16.0 Å². The van der Waals surface area contributed by atoms with Gasteiger partial charge in [-0.25, -0.2) is 13.9 Å². The lowest BCUT2D eigenvalue weighted by Gasteiger charge is -2.48. The molecule has 222 valence electrons. The molecule has 1 aromatic carbocycles. The van der Waals surface area contributed by atoms with Crippen LogP contribution in [0.5, 0.6) is 0 Å². The van der Waals surface area contributed by atoms with Gasteiger partial charge in [0.15, 0.2) is 5.13 Å². The molecule has 1 spiro atoms. The Labute approximate surface area is 254 Å². The maximum absolute atomic E-state index is 13.6. The van der Waals surface area contributed by atoms with Crippen LogP contribution < -0.4 is 9.80 Å². The van der Waals surface area contributed by atoms with Crippen LogP contribution in [0, 0.1) is 35.4 Å². The molecule has 0 bridgehead atoms. The molecule has 0 radical (unpaired) electrons. The number of hydrogen-bond acceptors (Lipinski definition) is 8. The van der Waals surface area contributed by atoms with Crippen molar-refractivity contribution in [3.8, 4) is 17.3 Å². The average molecular weight is 600 g/mol. The molecule has 7 rings (SSSR count). The number of aromatic nitrogens is 3. The van der Waals surface area contributed by atoms with E-state index in [1.165, 1.54) is 23.5 Å². The Morgan fingerprint density at radius 3 is 2.74 bits per heavy atom. The van der Waals surface area contributed by atoms with Crippen LogP contribution in [0.3, 0.4) is 0 Å². The van der Waals surface area contributed by atoms with E-state index in [0.29, 0.717) is 34.5 Å². The van der Waals surface area contributed by atoms with Crippen LogP contribution in [0.25, 0.3) is 16.8 Å². The van der Waals surface area contributed by atoms with E-state index < -0.39 is 0 Å². The van der Waals surface area contributed by atoms with E-state index in [0.717, 1.165) is 73.7 Å². The van der Waals surface area contributed by atoms with E-state index in [4.69, 9.17) is 14.8 Å². The molecule has 1 amide bonds. The van der Waals surface area contributed by atoms with Gasteiger partial charge in [-0.1, -0.05) is 18.3 Å². The largest absolute Gasteiger partial charge is 0.381 e. The van der Waals surface area contributed by atoms with E-state index in [1.54, 1.807) is 12.1 Å². The summed E-state index contributed by atoms with van der Waals surface area (Å²) >= 11 is 1.32. The molecule has 43 heavy (non-hydrogen) atoms. The minimum Gasteiger partial charge on any atom is -0.381 e. The summed E-state index contributed by atoms with van der Waals surface area (Å²) in [6, 6.07) is 12.8. The minimum absolute atomic E-state index is 0.0267. The van der Waals surface area contributed by atoms with Crippen molar-refractivity contribution in [1.29, 1.82) is 5.26 Å². The topological polar surface area (TPSA) is 90.0 Å². The first-order chi connectivity index (χ1) is 20.8. The first-order valence-electron chi connectivity index (χ1n) is 14.8. The number of benzene rings is 1. The zero-order chi connectivity index (χ0) is 29.9. The Kier molecular flexibility index (Phi) is 6.86. The second-order valence-electron chi connectivity index (χ2n) is 12.1. The number of anilines is 3. The van der Waals surface area contributed by atoms with Crippen molar-refractivity contribution in [1.82, 2.24) is 19.5 Å². The highest BCUT2D eigenvalue weighted by molar-refractivity contribution is 7.16. The summed E-state index contributed by atoms with van der Waals surface area (Å²) in [4.78, 5) is 24.7. The van der Waals surface area contributed by atoms with Crippen molar-refractivity contribution in [2.24, 2.45) is 11.3 Å². The van der Waals surface area contributed by atoms with Crippen molar-refractivity contribution >= 4 is 39.3 Å². The Balaban J connectivity index is 1.17. The molecule has 6 heterocycles. The summed E-state index contributed by atoms with van der Waals surface area (Å²) in [7, 11) is 1.97. The molecule has 3 aliphatic heterocycles. The predicted octanol–water partition coefficient (Wildman–Crippen LogP) is 5.18. The number of likely N-dealkylation sites (tertiary alicyclic amines) is 1. The molecule has 4 aromatic rings. The monoisotopic (exact) mass is 599 g/mol. The van der Waals surface area contributed by atoms with Gasteiger partial charge >= 0.3 is 0 Å². The Bertz CT molecular complexity index is 1750. The standard InChI is InChI=1S/C32H34FN7O2S/c1-4-25-29(37(3)31-35-28(27(15-34)43-31)21-5-7-23(33)8-6-21)26-14-24(13-20(2)40(26)36-25)38-11-10-32(17-38)18-39(19-32)30(41)22-9-12-42-16-22/h5-8,13-14,22H,4,9-12,16-19H2,1-3H3. The van der Waals surface area contributed by atoms with Gasteiger partial charge in [-0.2, -0.15) is 10.4 Å². The third kappa shape index (κ3) is 4.73. The quantitative estimate of drug-likeness (QED) is 0.302. The van der Waals surface area contributed by atoms with Crippen molar-refractivity contribution in [3.63, 3.8) is 0 Å². The van der Waals surface area contributed by atoms with Gasteiger partial charge in [0.2, 0.25) is 5.91 Å². The first kappa shape index (κ1) is 27.8. The maximum atomic E-state index is 13.6. The van der Waals surface area contributed by atoms with Gasteiger partial charge in [0.25, 0.3) is 0 Å². The van der Waals surface area contributed by atoms with E-state index >= 15 is 0 Å². The number of pyridine rings is 1. The first-order valence-corrected chi connectivity index (χ1v) is 15.6. The Hall–Kier alpha value is -4.01. The lowest BCUT2D eigenvalue weighted by atomic mass is 9.78. The zero-order valence-electron chi connectivity index (χ0n) is 24.6. The number of carbonyl (C=O) groups is 1. The molecule has 1 unspecified atom stereocenters. The van der Waals surface area contributed by atoms with E-state index in [9.17, 15) is 14.4 Å². The molecule has 9 nitrogen and oxygen atoms in total. The number of nitrogens with zero attached hydrogens (tertiary/aromatic N) is 7. The Morgan fingerprint density at radius 2 is 2.05 bits per heavy atom. The van der Waals surface area contributed by atoms with Gasteiger partial charge in [-0.05, 0) is 62.6 Å². The van der Waals surface area contributed by atoms with Gasteiger partial charge in [0.1, 0.15) is 22.5 Å². The van der Waals surface area contributed by atoms with Gasteiger partial charge in [0, 0.05) is 62.2 Å². The molecule has 1 atom stereocenters. The molecular formula is C32H34FN7O2S. The molecule has 0 N–H and O–H groups in total. The number of rotatable bonds is 6. The number of hydrogen-bond donors (Lipinski definition) is 0. The van der Waals surface area contributed by atoms with Gasteiger partial charge in [-0.3, -0.25) is 4.79 Å². The van der Waals surface area contributed by atoms with Crippen molar-refractivity contribution in [2.45, 2.75) is 33.1 Å². The molecule has 0 aliphatic carbocycles. The molecule has 3 fully saturated rings. The summed E-state index contributed by atoms with van der Waals surface area (Å²) < 4.78 is 21.0. The van der Waals surface area contributed by atoms with Crippen molar-refractivity contribution in [2.75, 3.05) is 56.2 Å². The third-order valence-corrected chi connectivity index (χ3v) is 10.2. The second kappa shape index (κ2) is 10.6. The molecule has 3 aliphatic rings. The van der Waals surface area contributed by atoms with Crippen LogP contribution in [-0.4, -0.2) is 71.8 Å². The fourth-order valence-corrected chi connectivity index (χ4v) is 7.71. The van der Waals surface area contributed by atoms with Gasteiger partial charge in [0.05, 0.1) is 29.4 Å². The van der Waals surface area contributed by atoms with Crippen LogP contribution in [0.1, 0.15) is 36.0 Å². The minimum atomic E-state index is -0.328. The molecule has 3 aromatic heterocycles. The summed E-state index contributed by atoms with van der Waals surface area (Å²) in [6.45, 7) is 8.93. The van der Waals surface area contributed by atoms with E-state index in [-0.39, 0.29) is 23.1 Å². The molecule has 11 heteroatoms. The Morgan fingerprint density at radius 1 is 1.26 bits per heavy atom. The van der Waals surface area contributed by atoms with Gasteiger partial charge < -0.3 is 19.4 Å². The molecular weight excluding hydrogens is 565 g/mol. The SMILES string of the molecule is CCc1nn2c(C)cc(N3CCC4(CN(C(=O)C5CCOC5)C4)C3)cc2c1N(C)c1nc(-c2ccc(F)cc2)c(C#N)s1. The van der Waals surface area contributed by atoms with Gasteiger partial charge in [-0.15, -0.1) is 0 Å².